The maximum atomic E-state index is 12.5. The summed E-state index contributed by atoms with van der Waals surface area (Å²) in [5.41, 5.74) is 3.21. The second-order valence-electron chi connectivity index (χ2n) is 5.45. The van der Waals surface area contributed by atoms with Crippen LogP contribution < -0.4 is 5.56 Å². The fraction of sp³-hybridized carbons (Fsp3) is 0.188. The lowest BCUT2D eigenvalue weighted by Crippen LogP contribution is -2.18. The van der Waals surface area contributed by atoms with E-state index in [0.717, 1.165) is 21.8 Å². The molecule has 1 N–H and O–H groups in total. The molecule has 7 heteroatoms. The summed E-state index contributed by atoms with van der Waals surface area (Å²) in [7, 11) is 0. The third kappa shape index (κ3) is 2.20. The summed E-state index contributed by atoms with van der Waals surface area (Å²) in [5, 5.41) is 5.19. The van der Waals surface area contributed by atoms with E-state index in [2.05, 4.69) is 10.1 Å². The summed E-state index contributed by atoms with van der Waals surface area (Å²) >= 11 is 1.63. The van der Waals surface area contributed by atoms with Crippen molar-refractivity contribution in [1.29, 1.82) is 0 Å². The van der Waals surface area contributed by atoms with Crippen LogP contribution in [-0.4, -0.2) is 24.1 Å². The lowest BCUT2D eigenvalue weighted by molar-refractivity contribution is 0.617. The van der Waals surface area contributed by atoms with Gasteiger partial charge in [0.05, 0.1) is 28.6 Å². The van der Waals surface area contributed by atoms with Gasteiger partial charge in [-0.05, 0) is 25.3 Å². The van der Waals surface area contributed by atoms with Crippen molar-refractivity contribution in [3.63, 3.8) is 0 Å². The maximum absolute atomic E-state index is 12.5. The summed E-state index contributed by atoms with van der Waals surface area (Å²) < 4.78 is 3.44. The van der Waals surface area contributed by atoms with Gasteiger partial charge in [0.15, 0.2) is 5.65 Å². The van der Waals surface area contributed by atoms with Crippen molar-refractivity contribution in [2.75, 3.05) is 0 Å². The number of aryl methyl sites for hydroxylation is 1. The van der Waals surface area contributed by atoms with Gasteiger partial charge in [0.2, 0.25) is 0 Å². The first kappa shape index (κ1) is 14.0. The Hall–Kier alpha value is -2.67. The molecule has 0 radical (unpaired) electrons. The molecule has 4 rings (SSSR count). The average molecular weight is 325 g/mol. The molecule has 0 fully saturated rings. The molecule has 0 aromatic carbocycles. The first-order valence-electron chi connectivity index (χ1n) is 7.29. The van der Waals surface area contributed by atoms with Crippen LogP contribution in [0.15, 0.2) is 47.1 Å². The molecule has 0 unspecified atom stereocenters. The molecule has 0 aliphatic heterocycles. The van der Waals surface area contributed by atoms with E-state index in [0.29, 0.717) is 5.65 Å². The molecule has 6 nitrogen and oxygen atoms in total. The smallest absolute Gasteiger partial charge is 0.272 e. The molecule has 4 heterocycles. The van der Waals surface area contributed by atoms with Crippen molar-refractivity contribution < 1.29 is 0 Å². The number of thiophene rings is 1. The van der Waals surface area contributed by atoms with Crippen LogP contribution >= 0.6 is 11.3 Å². The summed E-state index contributed by atoms with van der Waals surface area (Å²) in [5.74, 6) is 0. The largest absolute Gasteiger partial charge is 0.329 e. The Bertz CT molecular complexity index is 1010. The molecular formula is C16H15N5OS. The van der Waals surface area contributed by atoms with Crippen molar-refractivity contribution in [2.45, 2.75) is 19.9 Å². The van der Waals surface area contributed by atoms with E-state index in [4.69, 9.17) is 4.98 Å². The molecule has 0 amide bonds. The molecule has 0 saturated heterocycles. The van der Waals surface area contributed by atoms with E-state index in [-0.39, 0.29) is 11.6 Å². The number of nitrogens with one attached hydrogen (secondary N) is 1. The number of imidazole rings is 1. The van der Waals surface area contributed by atoms with Crippen molar-refractivity contribution >= 4 is 17.0 Å². The second-order valence-corrected chi connectivity index (χ2v) is 6.40. The topological polar surface area (TPSA) is 68.0 Å². The molecule has 4 aromatic rings. The minimum atomic E-state index is -0.108. The molecule has 116 valence electrons. The highest BCUT2D eigenvalue weighted by Gasteiger charge is 2.16. The Kier molecular flexibility index (Phi) is 3.16. The normalized spacial score (nSPS) is 12.8. The van der Waals surface area contributed by atoms with Crippen molar-refractivity contribution in [3.05, 3.63) is 63.9 Å². The number of rotatable bonds is 3. The van der Waals surface area contributed by atoms with Gasteiger partial charge in [0.25, 0.3) is 5.56 Å². The third-order valence-corrected chi connectivity index (χ3v) is 4.93. The molecule has 0 aliphatic carbocycles. The van der Waals surface area contributed by atoms with E-state index in [1.54, 1.807) is 29.9 Å². The SMILES string of the molecule is Cc1c(-c2cccs2)[nH]n2c(=O)cc([C@H](C)n3ccnc3)nc12. The van der Waals surface area contributed by atoms with E-state index in [1.165, 1.54) is 4.52 Å². The second kappa shape index (κ2) is 5.20. The molecule has 0 spiro atoms. The minimum absolute atomic E-state index is 0.0466. The lowest BCUT2D eigenvalue weighted by Gasteiger charge is -2.12. The lowest BCUT2D eigenvalue weighted by atomic mass is 10.2. The number of fused-ring (bicyclic) bond motifs is 1. The Balaban J connectivity index is 1.91. The standard InChI is InChI=1S/C16H15N5OS/c1-10-15(13-4-3-7-23-13)19-21-14(22)8-12(18-16(10)21)11(2)20-6-5-17-9-20/h3-9,11,19H,1-2H3/t11-/m0/s1. The fourth-order valence-electron chi connectivity index (χ4n) is 2.69. The van der Waals surface area contributed by atoms with Crippen LogP contribution in [0.3, 0.4) is 0 Å². The Morgan fingerprint density at radius 1 is 1.39 bits per heavy atom. The van der Waals surface area contributed by atoms with E-state index in [9.17, 15) is 4.79 Å². The van der Waals surface area contributed by atoms with Gasteiger partial charge < -0.3 is 4.57 Å². The highest BCUT2D eigenvalue weighted by Crippen LogP contribution is 2.28. The van der Waals surface area contributed by atoms with Crippen LogP contribution in [0.5, 0.6) is 0 Å². The Morgan fingerprint density at radius 2 is 2.26 bits per heavy atom. The van der Waals surface area contributed by atoms with Crippen molar-refractivity contribution in [1.82, 2.24) is 24.1 Å². The monoisotopic (exact) mass is 325 g/mol. The van der Waals surface area contributed by atoms with E-state index in [1.807, 2.05) is 42.1 Å². The summed E-state index contributed by atoms with van der Waals surface area (Å²) in [6, 6.07) is 5.55. The summed E-state index contributed by atoms with van der Waals surface area (Å²) in [6.07, 6.45) is 5.32. The van der Waals surface area contributed by atoms with Crippen molar-refractivity contribution in [2.24, 2.45) is 0 Å². The highest BCUT2D eigenvalue weighted by molar-refractivity contribution is 7.13. The summed E-state index contributed by atoms with van der Waals surface area (Å²) in [6.45, 7) is 3.99. The molecule has 0 aliphatic rings. The average Bonchev–Trinajstić information content (AvgIpc) is 3.28. The predicted molar refractivity (Wildman–Crippen MR) is 89.9 cm³/mol. The number of aromatic amines is 1. The van der Waals surface area contributed by atoms with Gasteiger partial charge in [-0.15, -0.1) is 11.3 Å². The number of aromatic nitrogens is 5. The van der Waals surface area contributed by atoms with Crippen LogP contribution in [0.1, 0.15) is 24.2 Å². The zero-order valence-corrected chi connectivity index (χ0v) is 13.5. The summed E-state index contributed by atoms with van der Waals surface area (Å²) in [4.78, 5) is 22.3. The molecule has 1 atom stereocenters. The van der Waals surface area contributed by atoms with Gasteiger partial charge in [-0.3, -0.25) is 9.89 Å². The van der Waals surface area contributed by atoms with Crippen LogP contribution in [0.2, 0.25) is 0 Å². The number of H-pyrrole nitrogens is 1. The number of nitrogens with zero attached hydrogens (tertiary/aromatic N) is 4. The molecule has 4 aromatic heterocycles. The quantitative estimate of drug-likeness (QED) is 0.630. The molecular weight excluding hydrogens is 310 g/mol. The Morgan fingerprint density at radius 3 is 2.96 bits per heavy atom. The van der Waals surface area contributed by atoms with Crippen LogP contribution in [0.4, 0.5) is 0 Å². The first-order valence-corrected chi connectivity index (χ1v) is 8.16. The third-order valence-electron chi connectivity index (χ3n) is 4.04. The minimum Gasteiger partial charge on any atom is -0.329 e. The first-order chi connectivity index (χ1) is 11.1. The molecule has 0 bridgehead atoms. The van der Waals surface area contributed by atoms with Gasteiger partial charge in [-0.25, -0.2) is 14.5 Å². The molecule has 0 saturated carbocycles. The van der Waals surface area contributed by atoms with Gasteiger partial charge in [0.1, 0.15) is 0 Å². The van der Waals surface area contributed by atoms with Crippen LogP contribution in [0, 0.1) is 6.92 Å². The van der Waals surface area contributed by atoms with Crippen molar-refractivity contribution in [3.8, 4) is 10.6 Å². The van der Waals surface area contributed by atoms with Crippen LogP contribution in [-0.2, 0) is 0 Å². The van der Waals surface area contributed by atoms with E-state index >= 15 is 0 Å². The van der Waals surface area contributed by atoms with Gasteiger partial charge in [-0.2, -0.15) is 0 Å². The highest BCUT2D eigenvalue weighted by atomic mass is 32.1. The van der Waals surface area contributed by atoms with Gasteiger partial charge in [0, 0.05) is 24.0 Å². The number of hydrogen-bond donors (Lipinski definition) is 1. The predicted octanol–water partition coefficient (Wildman–Crippen LogP) is 2.87. The zero-order valence-electron chi connectivity index (χ0n) is 12.7. The van der Waals surface area contributed by atoms with Gasteiger partial charge in [-0.1, -0.05) is 6.07 Å². The Labute approximate surface area is 136 Å². The van der Waals surface area contributed by atoms with E-state index < -0.39 is 0 Å². The number of hydrogen-bond acceptors (Lipinski definition) is 4. The van der Waals surface area contributed by atoms with Crippen LogP contribution in [0.25, 0.3) is 16.2 Å². The molecule has 23 heavy (non-hydrogen) atoms. The van der Waals surface area contributed by atoms with Gasteiger partial charge >= 0.3 is 0 Å². The maximum Gasteiger partial charge on any atom is 0.272 e. The fourth-order valence-corrected chi connectivity index (χ4v) is 3.47. The zero-order chi connectivity index (χ0) is 16.0.